The van der Waals surface area contributed by atoms with Crippen LogP contribution >= 0.6 is 11.8 Å². The fraction of sp³-hybridized carbons (Fsp3) is 0.760. The second kappa shape index (κ2) is 21.9. The molecule has 0 fully saturated rings. The lowest BCUT2D eigenvalue weighted by molar-refractivity contribution is -0.142. The Hall–Kier alpha value is -1.27. The van der Waals surface area contributed by atoms with Gasteiger partial charge in [-0.2, -0.15) is 0 Å². The summed E-state index contributed by atoms with van der Waals surface area (Å²) in [4.78, 5) is 28.4. The van der Waals surface area contributed by atoms with E-state index in [1.807, 2.05) is 31.1 Å². The molecule has 0 N–H and O–H groups in total. The summed E-state index contributed by atoms with van der Waals surface area (Å²) in [6.07, 6.45) is 17.0. The molecule has 5 nitrogen and oxygen atoms in total. The first-order valence-electron chi connectivity index (χ1n) is 12.0. The molecule has 0 unspecified atom stereocenters. The van der Waals surface area contributed by atoms with E-state index in [0.29, 0.717) is 13.0 Å². The zero-order valence-electron chi connectivity index (χ0n) is 20.3. The molecule has 0 radical (unpaired) electrons. The minimum absolute atomic E-state index is 0.131. The molecule has 0 atom stereocenters. The van der Waals surface area contributed by atoms with E-state index in [1.54, 1.807) is 0 Å². The number of amides is 1. The van der Waals surface area contributed by atoms with Crippen LogP contribution in [0.15, 0.2) is 24.8 Å². The van der Waals surface area contributed by atoms with Crippen LogP contribution in [0.25, 0.3) is 0 Å². The summed E-state index contributed by atoms with van der Waals surface area (Å²) in [6.45, 7) is 8.76. The van der Waals surface area contributed by atoms with Crippen LogP contribution in [0.3, 0.4) is 0 Å². The molecule has 0 spiro atoms. The Kier molecular flexibility index (Phi) is 21.0. The summed E-state index contributed by atoms with van der Waals surface area (Å²) in [6, 6.07) is 0. The Morgan fingerprint density at radius 2 is 1.65 bits per heavy atom. The van der Waals surface area contributed by atoms with Gasteiger partial charge in [0.1, 0.15) is 6.61 Å². The molecule has 0 saturated heterocycles. The van der Waals surface area contributed by atoms with Crippen molar-refractivity contribution in [3.8, 4) is 0 Å². The Morgan fingerprint density at radius 1 is 0.903 bits per heavy atom. The largest absolute Gasteiger partial charge is 0.461 e. The minimum Gasteiger partial charge on any atom is -0.461 e. The second-order valence-corrected chi connectivity index (χ2v) is 9.20. The Labute approximate surface area is 195 Å². The number of nitrogens with zero attached hydrogens (tertiary/aromatic N) is 2. The molecule has 6 heteroatoms. The highest BCUT2D eigenvalue weighted by atomic mass is 32.2. The zero-order chi connectivity index (χ0) is 23.2. The van der Waals surface area contributed by atoms with E-state index in [1.165, 1.54) is 37.4 Å². The maximum absolute atomic E-state index is 12.5. The number of esters is 1. The van der Waals surface area contributed by atoms with Gasteiger partial charge < -0.3 is 14.5 Å². The van der Waals surface area contributed by atoms with Crippen LogP contribution in [0.2, 0.25) is 0 Å². The predicted octanol–water partition coefficient (Wildman–Crippen LogP) is 6.30. The number of unbranched alkanes of at least 4 members (excludes halogenated alkanes) is 7. The van der Waals surface area contributed by atoms with Crippen molar-refractivity contribution in [2.24, 2.45) is 0 Å². The number of carbonyl (C=O) groups is 2. The number of hydrogen-bond donors (Lipinski definition) is 0. The van der Waals surface area contributed by atoms with Gasteiger partial charge in [-0.3, -0.25) is 9.59 Å². The number of carbonyl (C=O) groups excluding carboxylic acids is 2. The smallest absolute Gasteiger partial charge is 0.306 e. The number of allylic oxidation sites excluding steroid dienone is 2. The lowest BCUT2D eigenvalue weighted by Crippen LogP contribution is -2.30. The van der Waals surface area contributed by atoms with Gasteiger partial charge in [-0.05, 0) is 52.6 Å². The molecule has 0 aromatic carbocycles. The number of rotatable bonds is 20. The Bertz CT molecular complexity index is 495. The normalized spacial score (nSPS) is 11.2. The maximum Gasteiger partial charge on any atom is 0.306 e. The van der Waals surface area contributed by atoms with Crippen molar-refractivity contribution in [2.75, 3.05) is 46.1 Å². The predicted molar refractivity (Wildman–Crippen MR) is 135 cm³/mol. The molecule has 0 aliphatic carbocycles. The summed E-state index contributed by atoms with van der Waals surface area (Å²) in [7, 11) is 4.03. The molecule has 0 aliphatic rings. The van der Waals surface area contributed by atoms with Gasteiger partial charge in [0.25, 0.3) is 5.24 Å². The third-order valence-electron chi connectivity index (χ3n) is 4.90. The number of thioether (sulfide) groups is 1. The first kappa shape index (κ1) is 29.7. The van der Waals surface area contributed by atoms with Crippen molar-refractivity contribution >= 4 is 23.0 Å². The minimum atomic E-state index is -0.131. The van der Waals surface area contributed by atoms with Gasteiger partial charge in [-0.25, -0.2) is 0 Å². The lowest BCUT2D eigenvalue weighted by Gasteiger charge is -2.22. The summed E-state index contributed by atoms with van der Waals surface area (Å²) in [5.74, 6) is 0.678. The molecular formula is C25H46N2O3S. The maximum atomic E-state index is 12.5. The van der Waals surface area contributed by atoms with Crippen LogP contribution in [0.5, 0.6) is 0 Å². The van der Waals surface area contributed by atoms with E-state index >= 15 is 0 Å². The van der Waals surface area contributed by atoms with Crippen molar-refractivity contribution in [2.45, 2.75) is 77.6 Å². The molecule has 31 heavy (non-hydrogen) atoms. The van der Waals surface area contributed by atoms with Crippen molar-refractivity contribution in [1.82, 2.24) is 9.80 Å². The lowest BCUT2D eigenvalue weighted by atomic mass is 10.1. The second-order valence-electron chi connectivity index (χ2n) is 8.15. The monoisotopic (exact) mass is 454 g/mol. The summed E-state index contributed by atoms with van der Waals surface area (Å²) < 4.78 is 5.26. The van der Waals surface area contributed by atoms with Gasteiger partial charge in [0.05, 0.1) is 0 Å². The first-order chi connectivity index (χ1) is 15.0. The van der Waals surface area contributed by atoms with E-state index in [4.69, 9.17) is 4.74 Å². The molecule has 0 aromatic rings. The van der Waals surface area contributed by atoms with Gasteiger partial charge in [0, 0.05) is 31.8 Å². The SMILES string of the molecule is C=CCCCN(CCCCCC(=O)OC/C=C\CCCCCC)C(=O)SCCN(C)C. The third kappa shape index (κ3) is 20.4. The van der Waals surface area contributed by atoms with E-state index in [2.05, 4.69) is 24.5 Å². The highest BCUT2D eigenvalue weighted by molar-refractivity contribution is 8.13. The van der Waals surface area contributed by atoms with Crippen molar-refractivity contribution in [3.05, 3.63) is 24.8 Å². The molecule has 180 valence electrons. The molecule has 0 bridgehead atoms. The van der Waals surface area contributed by atoms with Crippen LogP contribution in [0, 0.1) is 0 Å². The summed E-state index contributed by atoms with van der Waals surface area (Å²) in [5, 5.41) is 0.159. The standard InChI is InChI=1S/C25H46N2O3S/c1-5-7-9-10-11-12-17-22-30-24(28)18-14-13-16-20-27(19-15-8-6-2)25(29)31-23-21-26(3)4/h6,12,17H,2,5,7-11,13-16,18-23H2,1,3-4H3/b17-12-. The molecule has 0 aliphatic heterocycles. The Balaban J connectivity index is 3.94. The first-order valence-corrected chi connectivity index (χ1v) is 13.0. The molecule has 0 aromatic heterocycles. The molecule has 0 saturated carbocycles. The fourth-order valence-corrected chi connectivity index (χ4v) is 3.96. The van der Waals surface area contributed by atoms with Crippen LogP contribution in [-0.2, 0) is 9.53 Å². The van der Waals surface area contributed by atoms with Gasteiger partial charge in [0.2, 0.25) is 0 Å². The Morgan fingerprint density at radius 3 is 2.35 bits per heavy atom. The number of ether oxygens (including phenoxy) is 1. The summed E-state index contributed by atoms with van der Waals surface area (Å²) in [5.41, 5.74) is 0. The fourth-order valence-electron chi connectivity index (χ4n) is 2.96. The quantitative estimate of drug-likeness (QED) is 0.123. The zero-order valence-corrected chi connectivity index (χ0v) is 21.1. The average molecular weight is 455 g/mol. The van der Waals surface area contributed by atoms with Gasteiger partial charge in [-0.15, -0.1) is 6.58 Å². The van der Waals surface area contributed by atoms with Crippen LogP contribution in [-0.4, -0.2) is 67.1 Å². The van der Waals surface area contributed by atoms with E-state index in [9.17, 15) is 9.59 Å². The van der Waals surface area contributed by atoms with Gasteiger partial charge in [0.15, 0.2) is 0 Å². The van der Waals surface area contributed by atoms with Crippen molar-refractivity contribution in [1.29, 1.82) is 0 Å². The van der Waals surface area contributed by atoms with Gasteiger partial charge >= 0.3 is 5.97 Å². The summed E-state index contributed by atoms with van der Waals surface area (Å²) >= 11 is 1.40. The molecule has 1 amide bonds. The van der Waals surface area contributed by atoms with E-state index in [0.717, 1.165) is 63.9 Å². The third-order valence-corrected chi connectivity index (χ3v) is 5.79. The highest BCUT2D eigenvalue weighted by Gasteiger charge is 2.13. The van der Waals surface area contributed by atoms with E-state index < -0.39 is 0 Å². The molecular weight excluding hydrogens is 408 g/mol. The van der Waals surface area contributed by atoms with Crippen molar-refractivity contribution in [3.63, 3.8) is 0 Å². The highest BCUT2D eigenvalue weighted by Crippen LogP contribution is 2.13. The van der Waals surface area contributed by atoms with Crippen LogP contribution < -0.4 is 0 Å². The average Bonchev–Trinajstić information content (AvgIpc) is 2.73. The van der Waals surface area contributed by atoms with Gasteiger partial charge in [-0.1, -0.05) is 62.6 Å². The topological polar surface area (TPSA) is 49.9 Å². The molecule has 0 heterocycles. The molecule has 0 rings (SSSR count). The van der Waals surface area contributed by atoms with E-state index in [-0.39, 0.29) is 11.2 Å². The van der Waals surface area contributed by atoms with Crippen LogP contribution in [0.1, 0.15) is 77.6 Å². The van der Waals surface area contributed by atoms with Crippen LogP contribution in [0.4, 0.5) is 4.79 Å². The van der Waals surface area contributed by atoms with Crippen molar-refractivity contribution < 1.29 is 14.3 Å². The number of hydrogen-bond acceptors (Lipinski definition) is 5.